The number of hydrogen-bond donors (Lipinski definition) is 1. The molecule has 2 N–H and O–H groups in total. The summed E-state index contributed by atoms with van der Waals surface area (Å²) in [5.41, 5.74) is 5.85. The molecule has 0 aromatic heterocycles. The predicted molar refractivity (Wildman–Crippen MR) is 87.5 cm³/mol. The minimum absolute atomic E-state index is 0.00880. The standard InChI is InChI=1S/C18H30ClF2N/c19-13-4-1-11(2-5-13)15-7-3-12(9-17(15)20)16-8-6-14(22)10-18(16)21/h11-18H,1-10,22H2. The van der Waals surface area contributed by atoms with E-state index in [2.05, 4.69) is 0 Å². The van der Waals surface area contributed by atoms with Crippen LogP contribution >= 0.6 is 11.6 Å². The van der Waals surface area contributed by atoms with Crippen LogP contribution in [0.25, 0.3) is 0 Å². The number of hydrogen-bond acceptors (Lipinski definition) is 1. The predicted octanol–water partition coefficient (Wildman–Crippen LogP) is 5.00. The van der Waals surface area contributed by atoms with E-state index in [1.807, 2.05) is 0 Å². The van der Waals surface area contributed by atoms with E-state index in [1.54, 1.807) is 0 Å². The highest BCUT2D eigenvalue weighted by Crippen LogP contribution is 2.46. The lowest BCUT2D eigenvalue weighted by Crippen LogP contribution is -2.42. The summed E-state index contributed by atoms with van der Waals surface area (Å²) in [5, 5.41) is 0.296. The van der Waals surface area contributed by atoms with Crippen LogP contribution in [0.5, 0.6) is 0 Å². The van der Waals surface area contributed by atoms with Gasteiger partial charge in [0, 0.05) is 11.4 Å². The van der Waals surface area contributed by atoms with Crippen molar-refractivity contribution in [2.75, 3.05) is 0 Å². The Bertz CT molecular complexity index is 359. The van der Waals surface area contributed by atoms with Gasteiger partial charge in [-0.2, -0.15) is 0 Å². The summed E-state index contributed by atoms with van der Waals surface area (Å²) < 4.78 is 29.0. The first-order valence-corrected chi connectivity index (χ1v) is 9.66. The lowest BCUT2D eigenvalue weighted by molar-refractivity contribution is 0.0159. The van der Waals surface area contributed by atoms with Gasteiger partial charge in [-0.3, -0.25) is 0 Å². The SMILES string of the molecule is NC1CCC(C2CCC(C3CCC(Cl)CC3)C(F)C2)C(F)C1. The van der Waals surface area contributed by atoms with Crippen LogP contribution in [0.15, 0.2) is 0 Å². The van der Waals surface area contributed by atoms with Crippen LogP contribution in [-0.4, -0.2) is 23.8 Å². The van der Waals surface area contributed by atoms with E-state index in [-0.39, 0.29) is 23.8 Å². The van der Waals surface area contributed by atoms with E-state index in [0.717, 1.165) is 51.4 Å². The van der Waals surface area contributed by atoms with Crippen LogP contribution < -0.4 is 5.73 Å². The van der Waals surface area contributed by atoms with Crippen LogP contribution in [-0.2, 0) is 0 Å². The molecule has 4 heteroatoms. The number of nitrogens with two attached hydrogens (primary N) is 1. The van der Waals surface area contributed by atoms with Crippen molar-refractivity contribution in [1.29, 1.82) is 0 Å². The number of alkyl halides is 3. The zero-order valence-electron chi connectivity index (χ0n) is 13.4. The zero-order valence-corrected chi connectivity index (χ0v) is 14.2. The van der Waals surface area contributed by atoms with Crippen molar-refractivity contribution < 1.29 is 8.78 Å². The fourth-order valence-electron chi connectivity index (χ4n) is 5.30. The van der Waals surface area contributed by atoms with E-state index >= 15 is 0 Å². The van der Waals surface area contributed by atoms with Gasteiger partial charge in [-0.25, -0.2) is 8.78 Å². The molecule has 0 aliphatic heterocycles. The number of halogens is 3. The molecule has 128 valence electrons. The molecule has 6 atom stereocenters. The number of rotatable bonds is 2. The van der Waals surface area contributed by atoms with E-state index in [4.69, 9.17) is 17.3 Å². The van der Waals surface area contributed by atoms with Gasteiger partial charge in [-0.05, 0) is 87.9 Å². The van der Waals surface area contributed by atoms with Crippen molar-refractivity contribution in [3.8, 4) is 0 Å². The van der Waals surface area contributed by atoms with Crippen molar-refractivity contribution in [3.05, 3.63) is 0 Å². The summed E-state index contributed by atoms with van der Waals surface area (Å²) in [6.45, 7) is 0. The first-order valence-electron chi connectivity index (χ1n) is 9.22. The van der Waals surface area contributed by atoms with Crippen molar-refractivity contribution in [3.63, 3.8) is 0 Å². The first-order chi connectivity index (χ1) is 10.5. The first kappa shape index (κ1) is 17.0. The van der Waals surface area contributed by atoms with Crippen LogP contribution in [0.2, 0.25) is 0 Å². The van der Waals surface area contributed by atoms with Gasteiger partial charge in [0.2, 0.25) is 0 Å². The summed E-state index contributed by atoms with van der Waals surface area (Å²) in [5.74, 6) is 0.993. The van der Waals surface area contributed by atoms with Gasteiger partial charge < -0.3 is 5.73 Å². The Labute approximate surface area is 138 Å². The Balaban J connectivity index is 1.53. The fourth-order valence-corrected chi connectivity index (χ4v) is 5.55. The monoisotopic (exact) mass is 333 g/mol. The van der Waals surface area contributed by atoms with Crippen molar-refractivity contribution in [2.45, 2.75) is 88.0 Å². The molecule has 0 saturated heterocycles. The topological polar surface area (TPSA) is 26.0 Å². The summed E-state index contributed by atoms with van der Waals surface area (Å²) in [6.07, 6.45) is 7.42. The minimum atomic E-state index is -0.816. The second-order valence-corrected chi connectivity index (χ2v) is 8.64. The third kappa shape index (κ3) is 3.77. The third-order valence-electron chi connectivity index (χ3n) is 6.64. The van der Waals surface area contributed by atoms with Crippen LogP contribution in [0.1, 0.15) is 64.2 Å². The Hall–Kier alpha value is 0.110. The van der Waals surface area contributed by atoms with Crippen LogP contribution in [0, 0.1) is 23.7 Å². The molecule has 0 amide bonds. The van der Waals surface area contributed by atoms with E-state index in [0.29, 0.717) is 24.1 Å². The van der Waals surface area contributed by atoms with E-state index < -0.39 is 12.3 Å². The molecule has 3 rings (SSSR count). The zero-order chi connectivity index (χ0) is 15.7. The molecule has 0 bridgehead atoms. The Morgan fingerprint density at radius 2 is 1.23 bits per heavy atom. The molecule has 6 unspecified atom stereocenters. The second kappa shape index (κ2) is 7.34. The largest absolute Gasteiger partial charge is 0.328 e. The molecule has 3 aliphatic carbocycles. The average Bonchev–Trinajstić information content (AvgIpc) is 2.48. The van der Waals surface area contributed by atoms with Gasteiger partial charge in [0.25, 0.3) is 0 Å². The molecule has 1 nitrogen and oxygen atoms in total. The molecule has 0 aromatic rings. The van der Waals surface area contributed by atoms with E-state index in [1.165, 1.54) is 0 Å². The van der Waals surface area contributed by atoms with Gasteiger partial charge in [-0.15, -0.1) is 11.6 Å². The maximum absolute atomic E-state index is 14.8. The van der Waals surface area contributed by atoms with Gasteiger partial charge in [-0.1, -0.05) is 0 Å². The normalized spacial score (nSPS) is 50.7. The maximum atomic E-state index is 14.8. The molecule has 0 spiro atoms. The highest BCUT2D eigenvalue weighted by atomic mass is 35.5. The Morgan fingerprint density at radius 1 is 0.682 bits per heavy atom. The maximum Gasteiger partial charge on any atom is 0.105 e. The highest BCUT2D eigenvalue weighted by molar-refractivity contribution is 6.20. The smallest absolute Gasteiger partial charge is 0.105 e. The average molecular weight is 334 g/mol. The van der Waals surface area contributed by atoms with Gasteiger partial charge in [0.1, 0.15) is 12.3 Å². The molecule has 0 radical (unpaired) electrons. The summed E-state index contributed by atoms with van der Waals surface area (Å²) in [7, 11) is 0. The molecule has 3 aliphatic rings. The molecular formula is C18H30ClF2N. The molecule has 3 saturated carbocycles. The summed E-state index contributed by atoms with van der Waals surface area (Å²) in [6, 6.07) is 0.00880. The minimum Gasteiger partial charge on any atom is -0.328 e. The quantitative estimate of drug-likeness (QED) is 0.707. The van der Waals surface area contributed by atoms with Gasteiger partial charge >= 0.3 is 0 Å². The highest BCUT2D eigenvalue weighted by Gasteiger charge is 2.42. The fraction of sp³-hybridized carbons (Fsp3) is 1.00. The van der Waals surface area contributed by atoms with Crippen molar-refractivity contribution in [1.82, 2.24) is 0 Å². The van der Waals surface area contributed by atoms with Gasteiger partial charge in [0.15, 0.2) is 0 Å². The Kier molecular flexibility index (Phi) is 5.65. The lowest BCUT2D eigenvalue weighted by Gasteiger charge is -2.43. The lowest BCUT2D eigenvalue weighted by atomic mass is 9.65. The Morgan fingerprint density at radius 3 is 1.86 bits per heavy atom. The molecule has 3 fully saturated rings. The molecular weight excluding hydrogens is 304 g/mol. The van der Waals surface area contributed by atoms with E-state index in [9.17, 15) is 8.78 Å². The van der Waals surface area contributed by atoms with Crippen molar-refractivity contribution >= 4 is 11.6 Å². The molecule has 0 aromatic carbocycles. The van der Waals surface area contributed by atoms with Crippen molar-refractivity contribution in [2.24, 2.45) is 29.4 Å². The summed E-state index contributed by atoms with van der Waals surface area (Å²) >= 11 is 6.16. The third-order valence-corrected chi connectivity index (χ3v) is 7.08. The van der Waals surface area contributed by atoms with Crippen LogP contribution in [0.3, 0.4) is 0 Å². The van der Waals surface area contributed by atoms with Gasteiger partial charge in [0.05, 0.1) is 0 Å². The molecule has 0 heterocycles. The second-order valence-electron chi connectivity index (χ2n) is 8.02. The molecule has 22 heavy (non-hydrogen) atoms. The van der Waals surface area contributed by atoms with Crippen LogP contribution in [0.4, 0.5) is 8.78 Å². The summed E-state index contributed by atoms with van der Waals surface area (Å²) in [4.78, 5) is 0.